The number of Topliss-reactive ketones (excluding diaryl/α,β-unsaturated/α-hetero) is 2. The summed E-state index contributed by atoms with van der Waals surface area (Å²) < 4.78 is 0. The Morgan fingerprint density at radius 1 is 0.933 bits per heavy atom. The minimum Gasteiger partial charge on any atom is -0.508 e. The Morgan fingerprint density at radius 3 is 1.53 bits per heavy atom. The van der Waals surface area contributed by atoms with Gasteiger partial charge < -0.3 is 5.11 Å². The van der Waals surface area contributed by atoms with Crippen LogP contribution in [0.15, 0.2) is 18.2 Å². The number of carbonyl (C=O) groups excluding carboxylic acids is 2. The molecule has 1 aromatic rings. The summed E-state index contributed by atoms with van der Waals surface area (Å²) in [6, 6.07) is 4.16. The maximum Gasteiger partial charge on any atom is 0.159 e. The molecule has 1 N–H and O–H groups in total. The third-order valence-corrected chi connectivity index (χ3v) is 1.73. The normalized spacial score (nSPS) is 8.80. The molecule has 0 spiro atoms. The fourth-order valence-corrected chi connectivity index (χ4v) is 1.02. The summed E-state index contributed by atoms with van der Waals surface area (Å²) in [5, 5.41) is 9.19. The number of rotatable bonds is 2. The van der Waals surface area contributed by atoms with Crippen LogP contribution in [0, 0.1) is 0 Å². The van der Waals surface area contributed by atoms with Gasteiger partial charge >= 0.3 is 0 Å². The molecule has 0 radical (unpaired) electrons. The fourth-order valence-electron chi connectivity index (χ4n) is 1.02. The smallest absolute Gasteiger partial charge is 0.159 e. The highest BCUT2D eigenvalue weighted by Gasteiger charge is 2.06. The van der Waals surface area contributed by atoms with E-state index in [2.05, 4.69) is 0 Å². The lowest BCUT2D eigenvalue weighted by Gasteiger charge is -2.00. The lowest BCUT2D eigenvalue weighted by atomic mass is 10.1. The highest BCUT2D eigenvalue weighted by Crippen LogP contribution is 2.16. The average molecular weight is 208 g/mol. The number of hydrogen-bond acceptors (Lipinski definition) is 3. The maximum absolute atomic E-state index is 11.0. The van der Waals surface area contributed by atoms with Crippen molar-refractivity contribution < 1.29 is 14.7 Å². The third kappa shape index (κ3) is 3.94. The molecule has 0 saturated heterocycles. The Kier molecular flexibility index (Phi) is 5.31. The van der Waals surface area contributed by atoms with Gasteiger partial charge in [0.05, 0.1) is 0 Å². The van der Waals surface area contributed by atoms with Crippen LogP contribution in [0.3, 0.4) is 0 Å². The van der Waals surface area contributed by atoms with Crippen LogP contribution in [-0.4, -0.2) is 16.7 Å². The van der Waals surface area contributed by atoms with E-state index in [1.165, 1.54) is 32.0 Å². The SMILES string of the molecule is CC.CC(=O)c1cc(O)cc(C(C)=O)c1. The zero-order valence-corrected chi connectivity index (χ0v) is 9.50. The van der Waals surface area contributed by atoms with Crippen LogP contribution in [0.5, 0.6) is 5.75 Å². The van der Waals surface area contributed by atoms with Gasteiger partial charge in [-0.2, -0.15) is 0 Å². The topological polar surface area (TPSA) is 54.4 Å². The van der Waals surface area contributed by atoms with Crippen LogP contribution in [-0.2, 0) is 0 Å². The fraction of sp³-hybridized carbons (Fsp3) is 0.333. The van der Waals surface area contributed by atoms with Crippen molar-refractivity contribution in [3.63, 3.8) is 0 Å². The predicted molar refractivity (Wildman–Crippen MR) is 59.5 cm³/mol. The van der Waals surface area contributed by atoms with Crippen molar-refractivity contribution in [2.45, 2.75) is 27.7 Å². The van der Waals surface area contributed by atoms with Gasteiger partial charge in [0.1, 0.15) is 5.75 Å². The van der Waals surface area contributed by atoms with Crippen LogP contribution >= 0.6 is 0 Å². The molecule has 15 heavy (non-hydrogen) atoms. The zero-order valence-electron chi connectivity index (χ0n) is 9.50. The molecule has 0 aliphatic carbocycles. The Labute approximate surface area is 89.7 Å². The van der Waals surface area contributed by atoms with E-state index in [0.29, 0.717) is 11.1 Å². The second-order valence-electron chi connectivity index (χ2n) is 2.88. The van der Waals surface area contributed by atoms with Crippen molar-refractivity contribution in [3.05, 3.63) is 29.3 Å². The first-order chi connectivity index (χ1) is 7.00. The van der Waals surface area contributed by atoms with Gasteiger partial charge in [0.2, 0.25) is 0 Å². The van der Waals surface area contributed by atoms with Crippen LogP contribution < -0.4 is 0 Å². The number of aromatic hydroxyl groups is 1. The van der Waals surface area contributed by atoms with Gasteiger partial charge in [-0.3, -0.25) is 9.59 Å². The summed E-state index contributed by atoms with van der Waals surface area (Å²) in [5.74, 6) is -0.394. The van der Waals surface area contributed by atoms with Gasteiger partial charge in [-0.15, -0.1) is 0 Å². The number of benzene rings is 1. The van der Waals surface area contributed by atoms with Crippen molar-refractivity contribution in [2.75, 3.05) is 0 Å². The monoisotopic (exact) mass is 208 g/mol. The number of phenolic OH excluding ortho intramolecular Hbond substituents is 1. The first-order valence-corrected chi connectivity index (χ1v) is 4.86. The first-order valence-electron chi connectivity index (χ1n) is 4.86. The van der Waals surface area contributed by atoms with Crippen LogP contribution in [0.1, 0.15) is 48.4 Å². The van der Waals surface area contributed by atoms with Crippen molar-refractivity contribution in [1.29, 1.82) is 0 Å². The van der Waals surface area contributed by atoms with Crippen molar-refractivity contribution in [2.24, 2.45) is 0 Å². The Balaban J connectivity index is 0.000000921. The molecule has 0 fully saturated rings. The van der Waals surface area contributed by atoms with Crippen molar-refractivity contribution >= 4 is 11.6 Å². The van der Waals surface area contributed by atoms with Crippen LogP contribution in [0.2, 0.25) is 0 Å². The first kappa shape index (κ1) is 13.4. The predicted octanol–water partition coefficient (Wildman–Crippen LogP) is 2.82. The lowest BCUT2D eigenvalue weighted by Crippen LogP contribution is -1.97. The number of phenols is 1. The van der Waals surface area contributed by atoms with E-state index >= 15 is 0 Å². The van der Waals surface area contributed by atoms with E-state index in [-0.39, 0.29) is 17.3 Å². The van der Waals surface area contributed by atoms with Gasteiger partial charge in [-0.25, -0.2) is 0 Å². The molecule has 0 aliphatic rings. The third-order valence-electron chi connectivity index (χ3n) is 1.73. The van der Waals surface area contributed by atoms with Crippen LogP contribution in [0.4, 0.5) is 0 Å². The molecule has 0 bridgehead atoms. The molecule has 1 aromatic carbocycles. The van der Waals surface area contributed by atoms with E-state index in [1.807, 2.05) is 13.8 Å². The van der Waals surface area contributed by atoms with Gasteiger partial charge in [0, 0.05) is 11.1 Å². The second-order valence-corrected chi connectivity index (χ2v) is 2.88. The summed E-state index contributed by atoms with van der Waals surface area (Å²) in [7, 11) is 0. The minimum absolute atomic E-state index is 0.0575. The molecule has 0 aliphatic heterocycles. The quantitative estimate of drug-likeness (QED) is 0.760. The van der Waals surface area contributed by atoms with E-state index in [4.69, 9.17) is 0 Å². The molecule has 1 rings (SSSR count). The van der Waals surface area contributed by atoms with Gasteiger partial charge in [0.15, 0.2) is 11.6 Å². The molecule has 3 heteroatoms. The van der Waals surface area contributed by atoms with Gasteiger partial charge in [-0.05, 0) is 32.0 Å². The maximum atomic E-state index is 11.0. The number of carbonyl (C=O) groups is 2. The number of hydrogen-bond donors (Lipinski definition) is 1. The van der Waals surface area contributed by atoms with Crippen molar-refractivity contribution in [3.8, 4) is 5.75 Å². The second kappa shape index (κ2) is 5.96. The average Bonchev–Trinajstić information content (AvgIpc) is 2.19. The summed E-state index contributed by atoms with van der Waals surface area (Å²) >= 11 is 0. The molecule has 0 heterocycles. The zero-order chi connectivity index (χ0) is 12.0. The van der Waals surface area contributed by atoms with Gasteiger partial charge in [-0.1, -0.05) is 13.8 Å². The largest absolute Gasteiger partial charge is 0.508 e. The van der Waals surface area contributed by atoms with E-state index < -0.39 is 0 Å². The van der Waals surface area contributed by atoms with Crippen LogP contribution in [0.25, 0.3) is 0 Å². The highest BCUT2D eigenvalue weighted by molar-refractivity contribution is 6.00. The number of ketones is 2. The molecule has 0 amide bonds. The summed E-state index contributed by atoms with van der Waals surface area (Å²) in [5.41, 5.74) is 0.704. The van der Waals surface area contributed by atoms with Crippen molar-refractivity contribution in [1.82, 2.24) is 0 Å². The lowest BCUT2D eigenvalue weighted by molar-refractivity contribution is 0.101. The molecular weight excluding hydrogens is 192 g/mol. The van der Waals surface area contributed by atoms with E-state index in [0.717, 1.165) is 0 Å². The Hall–Kier alpha value is -1.64. The minimum atomic E-state index is -0.168. The Bertz CT molecular complexity index is 335. The molecule has 0 unspecified atom stereocenters. The molecule has 0 saturated carbocycles. The summed E-state index contributed by atoms with van der Waals surface area (Å²) in [6.07, 6.45) is 0. The van der Waals surface area contributed by atoms with E-state index in [1.54, 1.807) is 0 Å². The summed E-state index contributed by atoms with van der Waals surface area (Å²) in [6.45, 7) is 6.78. The Morgan fingerprint density at radius 2 is 1.27 bits per heavy atom. The van der Waals surface area contributed by atoms with E-state index in [9.17, 15) is 14.7 Å². The molecule has 0 atom stereocenters. The molecule has 3 nitrogen and oxygen atoms in total. The molecule has 0 aromatic heterocycles. The standard InChI is InChI=1S/C10H10O3.C2H6/c1-6(11)8-3-9(7(2)12)5-10(13)4-8;1-2/h3-5,13H,1-2H3;1-2H3. The summed E-state index contributed by atoms with van der Waals surface area (Å²) in [4.78, 5) is 21.9. The highest BCUT2D eigenvalue weighted by atomic mass is 16.3. The molecular formula is C12H16O3. The van der Waals surface area contributed by atoms with Gasteiger partial charge in [0.25, 0.3) is 0 Å². The molecule has 82 valence electrons.